The molecular formula is C13H15F3N4O3S3. The highest BCUT2D eigenvalue weighted by Crippen LogP contribution is 2.29. The molecular weight excluding hydrogens is 413 g/mol. The van der Waals surface area contributed by atoms with Crippen LogP contribution in [-0.4, -0.2) is 43.5 Å². The van der Waals surface area contributed by atoms with Crippen molar-refractivity contribution >= 4 is 43.9 Å². The Labute approximate surface area is 156 Å². The zero-order valence-electron chi connectivity index (χ0n) is 13.4. The number of hydrogen-bond acceptors (Lipinski definition) is 8. The molecule has 0 radical (unpaired) electrons. The summed E-state index contributed by atoms with van der Waals surface area (Å²) >= 11 is 2.72. The van der Waals surface area contributed by atoms with E-state index in [0.717, 1.165) is 6.26 Å². The summed E-state index contributed by atoms with van der Waals surface area (Å²) in [6.07, 6.45) is -2.98. The quantitative estimate of drug-likeness (QED) is 0.468. The number of benzene rings is 1. The van der Waals surface area contributed by atoms with Gasteiger partial charge in [-0.05, 0) is 30.7 Å². The molecule has 2 N–H and O–H groups in total. The molecule has 0 saturated heterocycles. The second-order valence-corrected chi connectivity index (χ2v) is 9.09. The van der Waals surface area contributed by atoms with Crippen LogP contribution in [0, 0.1) is 0 Å². The van der Waals surface area contributed by atoms with Gasteiger partial charge in [0.25, 0.3) is 0 Å². The Bertz CT molecular complexity index is 810. The lowest BCUT2D eigenvalue weighted by atomic mass is 10.3. The van der Waals surface area contributed by atoms with E-state index < -0.39 is 16.4 Å². The van der Waals surface area contributed by atoms with Gasteiger partial charge in [0.1, 0.15) is 5.75 Å². The summed E-state index contributed by atoms with van der Waals surface area (Å²) in [6.45, 7) is 0.349. The maximum atomic E-state index is 12.1. The van der Waals surface area contributed by atoms with Gasteiger partial charge in [-0.15, -0.1) is 23.4 Å². The first kappa shape index (κ1) is 20.7. The summed E-state index contributed by atoms with van der Waals surface area (Å²) in [5.41, 5.74) is 0.546. The van der Waals surface area contributed by atoms with Crippen LogP contribution in [0.25, 0.3) is 0 Å². The number of hydrogen-bond donors (Lipinski definition) is 2. The Hall–Kier alpha value is -1.57. The highest BCUT2D eigenvalue weighted by Gasteiger charge is 2.30. The number of anilines is 2. The maximum absolute atomic E-state index is 12.1. The molecule has 0 amide bonds. The van der Waals surface area contributed by atoms with Crippen LogP contribution in [0.5, 0.6) is 5.75 Å². The fraction of sp³-hybridized carbons (Fsp3) is 0.385. The van der Waals surface area contributed by atoms with E-state index in [4.69, 9.17) is 0 Å². The Morgan fingerprint density at radius 1 is 1.23 bits per heavy atom. The highest BCUT2D eigenvalue weighted by atomic mass is 32.2. The number of ether oxygens (including phenoxy) is 1. The molecule has 0 bridgehead atoms. The topological polar surface area (TPSA) is 93.2 Å². The van der Waals surface area contributed by atoms with Crippen LogP contribution in [0.3, 0.4) is 0 Å². The van der Waals surface area contributed by atoms with Crippen LogP contribution in [0.4, 0.5) is 24.0 Å². The van der Waals surface area contributed by atoms with E-state index in [9.17, 15) is 21.6 Å². The van der Waals surface area contributed by atoms with Crippen molar-refractivity contribution < 1.29 is 26.3 Å². The molecule has 2 aromatic rings. The molecule has 7 nitrogen and oxygen atoms in total. The van der Waals surface area contributed by atoms with E-state index in [1.54, 1.807) is 0 Å². The second-order valence-electron chi connectivity index (χ2n) is 4.94. The molecule has 0 atom stereocenters. The second kappa shape index (κ2) is 8.88. The third-order valence-corrected chi connectivity index (χ3v) is 5.44. The molecule has 0 aliphatic carbocycles. The van der Waals surface area contributed by atoms with Crippen LogP contribution in [0.2, 0.25) is 0 Å². The first-order valence-corrected chi connectivity index (χ1v) is 10.8. The van der Waals surface area contributed by atoms with Crippen molar-refractivity contribution in [2.75, 3.05) is 23.9 Å². The van der Waals surface area contributed by atoms with Gasteiger partial charge in [-0.25, -0.2) is 13.1 Å². The van der Waals surface area contributed by atoms with Crippen LogP contribution in [0.15, 0.2) is 28.6 Å². The molecule has 0 spiro atoms. The van der Waals surface area contributed by atoms with Crippen molar-refractivity contribution in [3.05, 3.63) is 24.3 Å². The molecule has 0 fully saturated rings. The first-order chi connectivity index (χ1) is 12.1. The lowest BCUT2D eigenvalue weighted by Gasteiger charge is -2.09. The van der Waals surface area contributed by atoms with Gasteiger partial charge in [0, 0.05) is 18.0 Å². The number of alkyl halides is 3. The van der Waals surface area contributed by atoms with Crippen molar-refractivity contribution in [2.24, 2.45) is 0 Å². The summed E-state index contributed by atoms with van der Waals surface area (Å²) in [7, 11) is -3.18. The van der Waals surface area contributed by atoms with Gasteiger partial charge < -0.3 is 10.1 Å². The summed E-state index contributed by atoms with van der Waals surface area (Å²) in [5, 5.41) is 11.4. The SMILES string of the molecule is CS(=O)(=O)NCCCSc1nnc(Nc2ccc(OC(F)(F)F)cc2)s1. The predicted molar refractivity (Wildman–Crippen MR) is 94.5 cm³/mol. The van der Waals surface area contributed by atoms with E-state index in [1.807, 2.05) is 0 Å². The van der Waals surface area contributed by atoms with Crippen LogP contribution < -0.4 is 14.8 Å². The van der Waals surface area contributed by atoms with Crippen molar-refractivity contribution in [1.82, 2.24) is 14.9 Å². The zero-order valence-corrected chi connectivity index (χ0v) is 15.9. The fourth-order valence-corrected chi connectivity index (χ4v) is 3.97. The van der Waals surface area contributed by atoms with Crippen LogP contribution in [0.1, 0.15) is 6.42 Å². The zero-order chi connectivity index (χ0) is 19.2. The maximum Gasteiger partial charge on any atom is 0.573 e. The van der Waals surface area contributed by atoms with Gasteiger partial charge in [-0.2, -0.15) is 0 Å². The van der Waals surface area contributed by atoms with Crippen molar-refractivity contribution in [1.29, 1.82) is 0 Å². The van der Waals surface area contributed by atoms with E-state index in [2.05, 4.69) is 25.0 Å². The van der Waals surface area contributed by atoms with Gasteiger partial charge >= 0.3 is 6.36 Å². The lowest BCUT2D eigenvalue weighted by Crippen LogP contribution is -2.23. The molecule has 26 heavy (non-hydrogen) atoms. The smallest absolute Gasteiger partial charge is 0.406 e. The summed E-state index contributed by atoms with van der Waals surface area (Å²) in [4.78, 5) is 0. The third kappa shape index (κ3) is 8.21. The van der Waals surface area contributed by atoms with Gasteiger partial charge in [-0.3, -0.25) is 0 Å². The number of nitrogens with one attached hydrogen (secondary N) is 2. The van der Waals surface area contributed by atoms with E-state index in [0.29, 0.717) is 33.9 Å². The molecule has 2 rings (SSSR count). The molecule has 144 valence electrons. The molecule has 0 saturated carbocycles. The summed E-state index contributed by atoms with van der Waals surface area (Å²) in [6, 6.07) is 5.26. The number of aromatic nitrogens is 2. The van der Waals surface area contributed by atoms with Crippen LogP contribution >= 0.6 is 23.1 Å². The molecule has 1 aromatic heterocycles. The molecule has 0 unspecified atom stereocenters. The lowest BCUT2D eigenvalue weighted by molar-refractivity contribution is -0.274. The normalized spacial score (nSPS) is 12.2. The minimum Gasteiger partial charge on any atom is -0.406 e. The van der Waals surface area contributed by atoms with E-state index in [-0.39, 0.29) is 5.75 Å². The van der Waals surface area contributed by atoms with Gasteiger partial charge in [0.15, 0.2) is 4.34 Å². The van der Waals surface area contributed by atoms with Gasteiger partial charge in [0.05, 0.1) is 6.26 Å². The number of halogens is 3. The van der Waals surface area contributed by atoms with Gasteiger partial charge in [0.2, 0.25) is 15.2 Å². The third-order valence-electron chi connectivity index (χ3n) is 2.66. The standard InChI is InChI=1S/C13H15F3N4O3S3/c1-26(21,22)17-7-2-8-24-12-20-19-11(25-12)18-9-3-5-10(6-4-9)23-13(14,15)16/h3-6,17H,2,7-8H2,1H3,(H,18,19). The molecule has 1 heterocycles. The monoisotopic (exact) mass is 428 g/mol. The minimum absolute atomic E-state index is 0.306. The Morgan fingerprint density at radius 3 is 2.54 bits per heavy atom. The summed E-state index contributed by atoms with van der Waals surface area (Å²) < 4.78 is 65.1. The minimum atomic E-state index is -4.73. The predicted octanol–water partition coefficient (Wildman–Crippen LogP) is 3.21. The van der Waals surface area contributed by atoms with Crippen LogP contribution in [-0.2, 0) is 10.0 Å². The fourth-order valence-electron chi connectivity index (χ4n) is 1.67. The number of thioether (sulfide) groups is 1. The van der Waals surface area contributed by atoms with E-state index in [1.165, 1.54) is 47.4 Å². The highest BCUT2D eigenvalue weighted by molar-refractivity contribution is 8.01. The Balaban J connectivity index is 1.79. The number of nitrogens with zero attached hydrogens (tertiary/aromatic N) is 2. The Morgan fingerprint density at radius 2 is 1.92 bits per heavy atom. The molecule has 0 aliphatic rings. The summed E-state index contributed by atoms with van der Waals surface area (Å²) in [5.74, 6) is 0.361. The number of sulfonamides is 1. The first-order valence-electron chi connectivity index (χ1n) is 7.14. The molecule has 13 heteroatoms. The number of rotatable bonds is 9. The molecule has 0 aliphatic heterocycles. The average Bonchev–Trinajstić information content (AvgIpc) is 2.94. The molecule has 1 aromatic carbocycles. The van der Waals surface area contributed by atoms with Gasteiger partial charge in [-0.1, -0.05) is 23.1 Å². The Kier molecular flexibility index (Phi) is 7.08. The largest absolute Gasteiger partial charge is 0.573 e. The average molecular weight is 428 g/mol. The van der Waals surface area contributed by atoms with Crippen molar-refractivity contribution in [2.45, 2.75) is 17.1 Å². The van der Waals surface area contributed by atoms with Crippen molar-refractivity contribution in [3.8, 4) is 5.75 Å². The van der Waals surface area contributed by atoms with Crippen molar-refractivity contribution in [3.63, 3.8) is 0 Å². The van der Waals surface area contributed by atoms with E-state index >= 15 is 0 Å².